The van der Waals surface area contributed by atoms with Gasteiger partial charge in [0.15, 0.2) is 0 Å². The van der Waals surface area contributed by atoms with Gasteiger partial charge in [-0.15, -0.1) is 0 Å². The normalized spacial score (nSPS) is 98.8. The molecule has 10 aliphatic rings. The third-order valence-electron chi connectivity index (χ3n) is 16.1. The first kappa shape index (κ1) is 8.08. The van der Waals surface area contributed by atoms with Crippen LogP contribution in [0.3, 0.4) is 0 Å². The summed E-state index contributed by atoms with van der Waals surface area (Å²) in [5.74, 6) is 0.597. The first-order chi connectivity index (χ1) is 10.0. The first-order valence-corrected chi connectivity index (χ1v) is 14.7. The number of nitrogens with zero attached hydrogens (tertiary/aromatic N) is 1. The second-order valence-corrected chi connectivity index (χ2v) is 35.2. The van der Waals surface area contributed by atoms with Crippen LogP contribution in [-0.4, -0.2) is 10.8 Å². The van der Waals surface area contributed by atoms with Crippen molar-refractivity contribution in [2.75, 3.05) is 0 Å². The van der Waals surface area contributed by atoms with Crippen molar-refractivity contribution in [2.45, 2.75) is 47.7 Å². The van der Waals surface area contributed by atoms with E-state index in [4.69, 9.17) is 0 Å². The van der Waals surface area contributed by atoms with Crippen molar-refractivity contribution < 1.29 is 11.3 Å². The second kappa shape index (κ2) is 0.769. The van der Waals surface area contributed by atoms with Crippen molar-refractivity contribution in [3.8, 4) is 0 Å². The zero-order valence-electron chi connectivity index (χ0n) is 11.4. The fourth-order valence-corrected chi connectivity index (χ4v) is 91.5. The molecule has 10 fully saturated rings. The average molecular weight is 317 g/mol. The maximum absolute atomic E-state index is 13.3. The van der Waals surface area contributed by atoms with Gasteiger partial charge in [0.2, 0.25) is 0 Å². The van der Waals surface area contributed by atoms with Crippen LogP contribution in [0.15, 0.2) is 30.5 Å². The Kier molecular flexibility index (Phi) is 0.296. The topological polar surface area (TPSA) is 30.0 Å². The molecule has 0 amide bonds. The van der Waals surface area contributed by atoms with E-state index in [1.54, 1.807) is 0 Å². The van der Waals surface area contributed by atoms with Crippen molar-refractivity contribution in [2.24, 2.45) is 0 Å². The number of hydrogen-bond acceptors (Lipinski definition) is 2. The van der Waals surface area contributed by atoms with E-state index >= 15 is 0 Å². The Labute approximate surface area is 112 Å². The monoisotopic (exact) mass is 317 g/mol. The first-order valence-electron chi connectivity index (χ1n) is 8.39. The molecule has 0 aliphatic carbocycles. The van der Waals surface area contributed by atoms with Crippen LogP contribution in [0.2, 0.25) is 47.7 Å². The Morgan fingerprint density at radius 3 is 2.14 bits per heavy atom. The Morgan fingerprint density at radius 2 is 1.71 bits per heavy atom. The summed E-state index contributed by atoms with van der Waals surface area (Å²) in [7, 11) is 0. The summed E-state index contributed by atoms with van der Waals surface area (Å²) in [6.45, 7) is -3.21. The standard InChI is InChI=1S/C13H10NO.C5H5.Fe/c15-13(11-5-1-2-6-11)9-8-12-7-3-4-10-14-12;1-2-4-5-3-1;/h1-10H;1-5H;. The van der Waals surface area contributed by atoms with Crippen LogP contribution >= 0.6 is 0 Å². The number of ketones is 1. The molecule has 10 aliphatic heterocycles. The van der Waals surface area contributed by atoms with Gasteiger partial charge >= 0.3 is 112 Å². The molecule has 0 N–H and O–H groups in total. The van der Waals surface area contributed by atoms with Gasteiger partial charge < -0.3 is 0 Å². The number of hydrogen-bond donors (Lipinski definition) is 0. The SMILES string of the molecule is O=C(C=Cc1ccccn1)[C]12[CH]3[CH]4[CH]5[CH]1[Fe]45321678[CH]2[CH]1[CH]6[CH]7[CH]28. The summed E-state index contributed by atoms with van der Waals surface area (Å²) in [5, 5.41) is 0. The Hall–Kier alpha value is -0.921. The second-order valence-electron chi connectivity index (χ2n) is 11.6. The quantitative estimate of drug-likeness (QED) is 0.610. The van der Waals surface area contributed by atoms with E-state index in [2.05, 4.69) is 4.98 Å². The molecule has 11 rings (SSSR count). The summed E-state index contributed by atoms with van der Waals surface area (Å²) in [5.41, 5.74) is 0.942. The molecule has 10 saturated heterocycles. The van der Waals surface area contributed by atoms with Crippen LogP contribution < -0.4 is 0 Å². The molecule has 0 bridgehead atoms. The Bertz CT molecular complexity index is 1200. The van der Waals surface area contributed by atoms with Crippen LogP contribution in [0, 0.1) is 0 Å². The van der Waals surface area contributed by atoms with Crippen molar-refractivity contribution in [1.82, 2.24) is 4.98 Å². The van der Waals surface area contributed by atoms with Gasteiger partial charge in [-0.2, -0.15) is 0 Å². The molecule has 0 saturated carbocycles. The van der Waals surface area contributed by atoms with Crippen molar-refractivity contribution in [3.05, 3.63) is 36.2 Å². The number of pyridine rings is 1. The van der Waals surface area contributed by atoms with E-state index in [0.29, 0.717) is 10.1 Å². The van der Waals surface area contributed by atoms with Gasteiger partial charge in [0.25, 0.3) is 0 Å². The van der Waals surface area contributed by atoms with Gasteiger partial charge in [-0.05, 0) is 0 Å². The van der Waals surface area contributed by atoms with Gasteiger partial charge in [-0.1, -0.05) is 0 Å². The van der Waals surface area contributed by atoms with E-state index in [9.17, 15) is 4.79 Å². The molecule has 3 heteroatoms. The number of carbonyl (C=O) groups excluding carboxylic acids is 1. The number of rotatable bonds is 3. The zero-order valence-corrected chi connectivity index (χ0v) is 12.5. The Morgan fingerprint density at radius 1 is 1.05 bits per heavy atom. The van der Waals surface area contributed by atoms with Crippen LogP contribution in [0.1, 0.15) is 5.69 Å². The maximum atomic E-state index is 13.3. The molecule has 0 radical (unpaired) electrons. The molecular formula is C18H15FeNO. The third-order valence-corrected chi connectivity index (χ3v) is 58.5. The van der Waals surface area contributed by atoms with Crippen molar-refractivity contribution in [1.29, 1.82) is 0 Å². The summed E-state index contributed by atoms with van der Waals surface area (Å²) >= 11 is 0. The van der Waals surface area contributed by atoms with E-state index in [1.165, 1.54) is 33.7 Å². The molecule has 106 valence electrons. The number of carbonyl (C=O) groups is 1. The summed E-state index contributed by atoms with van der Waals surface area (Å²) in [4.78, 5) is 28.5. The molecule has 1 spiro atoms. The van der Waals surface area contributed by atoms with Gasteiger partial charge in [0, 0.05) is 0 Å². The fourth-order valence-electron chi connectivity index (χ4n) is 17.6. The summed E-state index contributed by atoms with van der Waals surface area (Å²) in [6, 6.07) is 5.94. The predicted octanol–water partition coefficient (Wildman–Crippen LogP) is 4.42. The molecule has 4 unspecified atom stereocenters. The number of allylic oxidation sites excluding steroid dienone is 1. The van der Waals surface area contributed by atoms with Crippen molar-refractivity contribution in [3.63, 3.8) is 0 Å². The van der Waals surface area contributed by atoms with Crippen LogP contribution in [-0.2, 0) is 11.3 Å². The minimum atomic E-state index is -3.21. The van der Waals surface area contributed by atoms with Gasteiger partial charge in [-0.3, -0.25) is 0 Å². The van der Waals surface area contributed by atoms with E-state index in [0.717, 1.165) is 15.3 Å². The molecule has 1 aromatic heterocycles. The van der Waals surface area contributed by atoms with Crippen molar-refractivity contribution >= 4 is 11.9 Å². The van der Waals surface area contributed by atoms with Crippen LogP contribution in [0.5, 0.6) is 0 Å². The number of fused-ring (bicyclic) bond motifs is 10. The van der Waals surface area contributed by atoms with Gasteiger partial charge in [-0.25, -0.2) is 0 Å². The molecule has 11 heterocycles. The molecule has 21 heavy (non-hydrogen) atoms. The predicted molar refractivity (Wildman–Crippen MR) is 74.7 cm³/mol. The third kappa shape index (κ3) is 0.104. The van der Waals surface area contributed by atoms with Gasteiger partial charge in [0.1, 0.15) is 0 Å². The molecule has 0 aromatic carbocycles. The molecule has 1 aromatic rings. The molecule has 2 nitrogen and oxygen atoms in total. The van der Waals surface area contributed by atoms with Crippen LogP contribution in [0.25, 0.3) is 6.08 Å². The van der Waals surface area contributed by atoms with Crippen LogP contribution in [0.4, 0.5) is 0 Å². The minimum absolute atomic E-state index is 0.379. The summed E-state index contributed by atoms with van der Waals surface area (Å²) < 4.78 is 0.379. The van der Waals surface area contributed by atoms with E-state index in [1.807, 2.05) is 36.5 Å². The zero-order chi connectivity index (χ0) is 13.1. The number of aromatic nitrogens is 1. The average Bonchev–Trinajstić information content (AvgIpc) is 3.46. The Balaban J connectivity index is 1.23. The molecular weight excluding hydrogens is 302 g/mol. The van der Waals surface area contributed by atoms with E-state index in [-0.39, 0.29) is 0 Å². The van der Waals surface area contributed by atoms with E-state index < -0.39 is 6.51 Å². The molecule has 4 atom stereocenters. The van der Waals surface area contributed by atoms with Gasteiger partial charge in [0.05, 0.1) is 0 Å². The fraction of sp³-hybridized carbons (Fsp3) is 0.556. The summed E-state index contributed by atoms with van der Waals surface area (Å²) in [6.07, 6.45) is 5.77.